The summed E-state index contributed by atoms with van der Waals surface area (Å²) in [6.45, 7) is 3.68. The van der Waals surface area contributed by atoms with Crippen molar-refractivity contribution in [2.75, 3.05) is 30.8 Å². The third-order valence-electron chi connectivity index (χ3n) is 6.96. The van der Waals surface area contributed by atoms with Gasteiger partial charge in [-0.2, -0.15) is 0 Å². The number of nitrogens with zero attached hydrogens (tertiary/aromatic N) is 2. The van der Waals surface area contributed by atoms with Crippen molar-refractivity contribution in [3.05, 3.63) is 54.1 Å². The second kappa shape index (κ2) is 14.2. The second-order valence-corrected chi connectivity index (χ2v) is 11.7. The first-order valence-electron chi connectivity index (χ1n) is 13.6. The zero-order chi connectivity index (χ0) is 28.4. The Morgan fingerprint density at radius 3 is 2.28 bits per heavy atom. The first-order chi connectivity index (χ1) is 18.7. The Morgan fingerprint density at radius 2 is 1.69 bits per heavy atom. The number of rotatable bonds is 13. The van der Waals surface area contributed by atoms with Crippen molar-refractivity contribution in [2.45, 2.75) is 71.0 Å². The Balaban J connectivity index is 1.94. The molecule has 10 heteroatoms. The van der Waals surface area contributed by atoms with Crippen LogP contribution in [0.15, 0.2) is 48.5 Å². The molecule has 1 saturated carbocycles. The molecule has 0 bridgehead atoms. The van der Waals surface area contributed by atoms with Gasteiger partial charge in [-0.05, 0) is 56.0 Å². The third-order valence-corrected chi connectivity index (χ3v) is 8.09. The van der Waals surface area contributed by atoms with Crippen LogP contribution in [0.1, 0.15) is 57.9 Å². The van der Waals surface area contributed by atoms with E-state index in [1.54, 1.807) is 50.4 Å². The molecule has 2 amide bonds. The summed E-state index contributed by atoms with van der Waals surface area (Å²) in [7, 11) is -2.28. The molecule has 2 aromatic rings. The van der Waals surface area contributed by atoms with Gasteiger partial charge >= 0.3 is 0 Å². The molecule has 0 saturated heterocycles. The van der Waals surface area contributed by atoms with Gasteiger partial charge in [0.05, 0.1) is 25.7 Å². The number of benzene rings is 2. The van der Waals surface area contributed by atoms with Crippen LogP contribution < -0.4 is 19.1 Å². The highest BCUT2D eigenvalue weighted by atomic mass is 32.2. The van der Waals surface area contributed by atoms with E-state index in [1.807, 2.05) is 19.1 Å². The van der Waals surface area contributed by atoms with Crippen LogP contribution in [-0.4, -0.2) is 63.7 Å². The number of hydrogen-bond acceptors (Lipinski definition) is 6. The van der Waals surface area contributed by atoms with Crippen molar-refractivity contribution in [1.29, 1.82) is 0 Å². The first-order valence-corrected chi connectivity index (χ1v) is 15.4. The summed E-state index contributed by atoms with van der Waals surface area (Å²) in [6, 6.07) is 13.3. The lowest BCUT2D eigenvalue weighted by molar-refractivity contribution is -0.140. The molecule has 0 radical (unpaired) electrons. The van der Waals surface area contributed by atoms with E-state index in [0.29, 0.717) is 24.5 Å². The molecule has 1 aliphatic rings. The molecule has 0 spiro atoms. The van der Waals surface area contributed by atoms with Gasteiger partial charge in [0.25, 0.3) is 0 Å². The summed E-state index contributed by atoms with van der Waals surface area (Å²) < 4.78 is 37.8. The number of carbonyl (C=O) groups excluding carboxylic acids is 2. The van der Waals surface area contributed by atoms with Crippen molar-refractivity contribution in [3.63, 3.8) is 0 Å². The fourth-order valence-corrected chi connectivity index (χ4v) is 5.78. The maximum Gasteiger partial charge on any atom is 0.244 e. The molecule has 1 aliphatic carbocycles. The second-order valence-electron chi connectivity index (χ2n) is 9.81. The normalized spacial score (nSPS) is 14.8. The Labute approximate surface area is 232 Å². The van der Waals surface area contributed by atoms with E-state index < -0.39 is 28.5 Å². The molecule has 1 N–H and O–H groups in total. The third kappa shape index (κ3) is 8.36. The summed E-state index contributed by atoms with van der Waals surface area (Å²) in [6.07, 6.45) is 6.59. The fourth-order valence-electron chi connectivity index (χ4n) is 4.93. The maximum atomic E-state index is 13.9. The van der Waals surface area contributed by atoms with Crippen molar-refractivity contribution in [3.8, 4) is 11.5 Å². The van der Waals surface area contributed by atoms with E-state index in [0.717, 1.165) is 48.2 Å². The average molecular weight is 560 g/mol. The number of amides is 2. The van der Waals surface area contributed by atoms with Crippen LogP contribution in [0.25, 0.3) is 0 Å². The molecule has 1 atom stereocenters. The minimum absolute atomic E-state index is 0.0869. The smallest absolute Gasteiger partial charge is 0.244 e. The molecule has 39 heavy (non-hydrogen) atoms. The highest BCUT2D eigenvalue weighted by Crippen LogP contribution is 2.30. The highest BCUT2D eigenvalue weighted by molar-refractivity contribution is 7.92. The topological polar surface area (TPSA) is 105 Å². The van der Waals surface area contributed by atoms with Gasteiger partial charge in [-0.3, -0.25) is 13.9 Å². The van der Waals surface area contributed by atoms with Crippen LogP contribution in [0.4, 0.5) is 5.69 Å². The lowest BCUT2D eigenvalue weighted by Crippen LogP contribution is -2.54. The van der Waals surface area contributed by atoms with Crippen LogP contribution in [0.3, 0.4) is 0 Å². The summed E-state index contributed by atoms with van der Waals surface area (Å²) in [5.41, 5.74) is 1.08. The molecule has 0 aliphatic heterocycles. The van der Waals surface area contributed by atoms with Crippen LogP contribution in [0.2, 0.25) is 0 Å². The minimum Gasteiger partial charge on any atom is -0.497 e. The molecule has 9 nitrogen and oxygen atoms in total. The molecule has 1 fully saturated rings. The van der Waals surface area contributed by atoms with Crippen molar-refractivity contribution in [2.24, 2.45) is 0 Å². The van der Waals surface area contributed by atoms with Gasteiger partial charge in [0.15, 0.2) is 0 Å². The van der Waals surface area contributed by atoms with Gasteiger partial charge < -0.3 is 19.7 Å². The van der Waals surface area contributed by atoms with Crippen molar-refractivity contribution < 1.29 is 27.5 Å². The Hall–Kier alpha value is -3.27. The summed E-state index contributed by atoms with van der Waals surface area (Å²) in [5.74, 6) is 0.344. The van der Waals surface area contributed by atoms with Crippen LogP contribution in [0.5, 0.6) is 11.5 Å². The quantitative estimate of drug-likeness (QED) is 0.396. The molecule has 214 valence electrons. The lowest BCUT2D eigenvalue weighted by Gasteiger charge is -2.34. The standard InChI is InChI=1S/C29H41N3O6S/c1-5-25(29(34)30-23-12-8-7-9-13-23)31(20-22-16-18-24(37-3)19-17-22)28(33)21-32(39(4,35)36)26-14-10-11-15-27(26)38-6-2/h10-11,14-19,23,25H,5-9,12-13,20-21H2,1-4H3,(H,30,34). The minimum atomic E-state index is -3.86. The van der Waals surface area contributed by atoms with E-state index in [-0.39, 0.29) is 24.2 Å². The fraction of sp³-hybridized carbons (Fsp3) is 0.517. The zero-order valence-corrected chi connectivity index (χ0v) is 24.2. The number of anilines is 1. The van der Waals surface area contributed by atoms with Crippen LogP contribution >= 0.6 is 0 Å². The van der Waals surface area contributed by atoms with E-state index in [9.17, 15) is 18.0 Å². The number of methoxy groups -OCH3 is 1. The molecule has 0 heterocycles. The number of nitrogens with one attached hydrogen (secondary N) is 1. The molecular weight excluding hydrogens is 518 g/mol. The monoisotopic (exact) mass is 559 g/mol. The Kier molecular flexibility index (Phi) is 11.0. The molecule has 2 aromatic carbocycles. The van der Waals surface area contributed by atoms with Gasteiger partial charge in [-0.25, -0.2) is 8.42 Å². The Bertz CT molecular complexity index is 1200. The van der Waals surface area contributed by atoms with Crippen molar-refractivity contribution >= 4 is 27.5 Å². The molecule has 1 unspecified atom stereocenters. The van der Waals surface area contributed by atoms with E-state index in [2.05, 4.69) is 5.32 Å². The van der Waals surface area contributed by atoms with Gasteiger partial charge in [-0.1, -0.05) is 50.5 Å². The average Bonchev–Trinajstić information content (AvgIpc) is 2.92. The summed E-state index contributed by atoms with van der Waals surface area (Å²) in [5, 5.41) is 3.15. The number of para-hydroxylation sites is 2. The lowest BCUT2D eigenvalue weighted by atomic mass is 9.95. The molecule has 0 aromatic heterocycles. The number of carbonyl (C=O) groups is 2. The van der Waals surface area contributed by atoms with Gasteiger partial charge in [0.2, 0.25) is 21.8 Å². The number of sulfonamides is 1. The molecular formula is C29H41N3O6S. The maximum absolute atomic E-state index is 13.9. The van der Waals surface area contributed by atoms with Crippen LogP contribution in [-0.2, 0) is 26.2 Å². The SMILES string of the molecule is CCOc1ccccc1N(CC(=O)N(Cc1ccc(OC)cc1)C(CC)C(=O)NC1CCCCC1)S(C)(=O)=O. The largest absolute Gasteiger partial charge is 0.497 e. The summed E-state index contributed by atoms with van der Waals surface area (Å²) in [4.78, 5) is 28.9. The molecule has 3 rings (SSSR count). The van der Waals surface area contributed by atoms with E-state index in [4.69, 9.17) is 9.47 Å². The van der Waals surface area contributed by atoms with E-state index >= 15 is 0 Å². The highest BCUT2D eigenvalue weighted by Gasteiger charge is 2.33. The number of ether oxygens (including phenoxy) is 2. The first kappa shape index (κ1) is 30.3. The predicted octanol–water partition coefficient (Wildman–Crippen LogP) is 4.12. The predicted molar refractivity (Wildman–Crippen MR) is 152 cm³/mol. The van der Waals surface area contributed by atoms with Crippen molar-refractivity contribution in [1.82, 2.24) is 10.2 Å². The Morgan fingerprint density at radius 1 is 1.03 bits per heavy atom. The van der Waals surface area contributed by atoms with Gasteiger partial charge in [0, 0.05) is 12.6 Å². The van der Waals surface area contributed by atoms with Crippen LogP contribution in [0, 0.1) is 0 Å². The van der Waals surface area contributed by atoms with Gasteiger partial charge in [0.1, 0.15) is 24.1 Å². The summed E-state index contributed by atoms with van der Waals surface area (Å²) >= 11 is 0. The zero-order valence-electron chi connectivity index (χ0n) is 23.4. The number of hydrogen-bond donors (Lipinski definition) is 1. The van der Waals surface area contributed by atoms with Gasteiger partial charge in [-0.15, -0.1) is 0 Å². The van der Waals surface area contributed by atoms with E-state index in [1.165, 1.54) is 4.90 Å².